The summed E-state index contributed by atoms with van der Waals surface area (Å²) < 4.78 is 1.83. The fourth-order valence-corrected chi connectivity index (χ4v) is 3.72. The SMILES string of the molecule is Cc1ccc(CN2Cc3ncn(C)c3[C@H](C(=O)O)C2)s1. The lowest BCUT2D eigenvalue weighted by Gasteiger charge is -2.30. The topological polar surface area (TPSA) is 58.4 Å². The summed E-state index contributed by atoms with van der Waals surface area (Å²) in [5, 5.41) is 9.45. The van der Waals surface area contributed by atoms with Crippen molar-refractivity contribution in [2.24, 2.45) is 7.05 Å². The molecule has 0 fully saturated rings. The largest absolute Gasteiger partial charge is 0.481 e. The number of carboxylic acids is 1. The number of carboxylic acid groups (broad SMARTS) is 1. The molecule has 5 nitrogen and oxygen atoms in total. The van der Waals surface area contributed by atoms with Crippen molar-refractivity contribution in [1.29, 1.82) is 0 Å². The fraction of sp³-hybridized carbons (Fsp3) is 0.429. The zero-order valence-corrected chi connectivity index (χ0v) is 12.4. The van der Waals surface area contributed by atoms with Gasteiger partial charge >= 0.3 is 5.97 Å². The summed E-state index contributed by atoms with van der Waals surface area (Å²) in [6.45, 7) is 4.13. The van der Waals surface area contributed by atoms with Crippen molar-refractivity contribution in [3.05, 3.63) is 39.6 Å². The smallest absolute Gasteiger partial charge is 0.313 e. The third kappa shape index (κ3) is 2.36. The molecule has 20 heavy (non-hydrogen) atoms. The second kappa shape index (κ2) is 5.03. The molecule has 0 unspecified atom stereocenters. The van der Waals surface area contributed by atoms with Crippen LogP contribution in [0.25, 0.3) is 0 Å². The molecule has 2 aromatic rings. The summed E-state index contributed by atoms with van der Waals surface area (Å²) in [5.41, 5.74) is 1.73. The molecular formula is C14H17N3O2S. The van der Waals surface area contributed by atoms with Crippen LogP contribution in [0.3, 0.4) is 0 Å². The van der Waals surface area contributed by atoms with Crippen LogP contribution in [0.2, 0.25) is 0 Å². The number of nitrogens with zero attached hydrogens (tertiary/aromatic N) is 3. The first kappa shape index (κ1) is 13.3. The first-order chi connectivity index (χ1) is 9.54. The quantitative estimate of drug-likeness (QED) is 0.939. The van der Waals surface area contributed by atoms with Gasteiger partial charge in [0.15, 0.2) is 0 Å². The van der Waals surface area contributed by atoms with E-state index in [-0.39, 0.29) is 0 Å². The Kier molecular flexibility index (Phi) is 3.35. The van der Waals surface area contributed by atoms with Crippen LogP contribution < -0.4 is 0 Å². The molecular weight excluding hydrogens is 274 g/mol. The Balaban J connectivity index is 1.85. The van der Waals surface area contributed by atoms with E-state index in [0.717, 1.165) is 24.5 Å². The summed E-state index contributed by atoms with van der Waals surface area (Å²) in [5.74, 6) is -1.27. The van der Waals surface area contributed by atoms with E-state index in [1.807, 2.05) is 11.6 Å². The molecule has 3 rings (SSSR count). The summed E-state index contributed by atoms with van der Waals surface area (Å²) in [4.78, 5) is 20.6. The van der Waals surface area contributed by atoms with Gasteiger partial charge in [0, 0.05) is 36.4 Å². The number of aromatic nitrogens is 2. The lowest BCUT2D eigenvalue weighted by molar-refractivity contribution is -0.139. The molecule has 1 aliphatic rings. The van der Waals surface area contributed by atoms with Crippen molar-refractivity contribution in [3.63, 3.8) is 0 Å². The van der Waals surface area contributed by atoms with E-state index in [1.54, 1.807) is 17.7 Å². The molecule has 1 aliphatic heterocycles. The van der Waals surface area contributed by atoms with Crippen LogP contribution in [-0.2, 0) is 24.9 Å². The summed E-state index contributed by atoms with van der Waals surface area (Å²) in [6.07, 6.45) is 1.71. The highest BCUT2D eigenvalue weighted by Crippen LogP contribution is 2.29. The third-order valence-corrected chi connectivity index (χ3v) is 4.67. The van der Waals surface area contributed by atoms with Crippen molar-refractivity contribution in [2.75, 3.05) is 6.54 Å². The lowest BCUT2D eigenvalue weighted by Crippen LogP contribution is -2.37. The van der Waals surface area contributed by atoms with Gasteiger partial charge in [-0.2, -0.15) is 0 Å². The van der Waals surface area contributed by atoms with Gasteiger partial charge in [-0.3, -0.25) is 9.69 Å². The molecule has 0 bridgehead atoms. The normalized spacial score (nSPS) is 19.0. The van der Waals surface area contributed by atoms with Crippen LogP contribution in [0.15, 0.2) is 18.5 Å². The number of imidazole rings is 1. The Labute approximate surface area is 121 Å². The Morgan fingerprint density at radius 2 is 2.35 bits per heavy atom. The molecule has 0 aliphatic carbocycles. The van der Waals surface area contributed by atoms with E-state index in [0.29, 0.717) is 6.54 Å². The maximum atomic E-state index is 11.5. The van der Waals surface area contributed by atoms with Crippen LogP contribution in [-0.4, -0.2) is 32.1 Å². The standard InChI is InChI=1S/C14H17N3O2S/c1-9-3-4-10(20-9)5-17-6-11(14(18)19)13-12(7-17)15-8-16(13)2/h3-4,8,11H,5-7H2,1-2H3,(H,18,19)/t11-/m1/s1. The molecule has 1 atom stereocenters. The van der Waals surface area contributed by atoms with Crippen molar-refractivity contribution >= 4 is 17.3 Å². The maximum Gasteiger partial charge on any atom is 0.313 e. The molecule has 0 radical (unpaired) electrons. The molecule has 3 heterocycles. The Hall–Kier alpha value is -1.66. The number of aliphatic carboxylic acids is 1. The van der Waals surface area contributed by atoms with E-state index in [1.165, 1.54) is 9.75 Å². The van der Waals surface area contributed by atoms with Gasteiger partial charge in [0.05, 0.1) is 17.7 Å². The van der Waals surface area contributed by atoms with Gasteiger partial charge in [-0.25, -0.2) is 4.98 Å². The lowest BCUT2D eigenvalue weighted by atomic mass is 9.98. The summed E-state index contributed by atoms with van der Waals surface area (Å²) in [7, 11) is 1.86. The monoisotopic (exact) mass is 291 g/mol. The van der Waals surface area contributed by atoms with E-state index < -0.39 is 11.9 Å². The van der Waals surface area contributed by atoms with E-state index >= 15 is 0 Å². The number of fused-ring (bicyclic) bond motifs is 1. The molecule has 0 amide bonds. The van der Waals surface area contributed by atoms with Crippen molar-refractivity contribution in [1.82, 2.24) is 14.5 Å². The van der Waals surface area contributed by atoms with Crippen LogP contribution in [0, 0.1) is 6.92 Å². The van der Waals surface area contributed by atoms with Crippen LogP contribution >= 0.6 is 11.3 Å². The first-order valence-electron chi connectivity index (χ1n) is 6.55. The highest BCUT2D eigenvalue weighted by molar-refractivity contribution is 7.11. The highest BCUT2D eigenvalue weighted by atomic mass is 32.1. The van der Waals surface area contributed by atoms with Crippen molar-refractivity contribution in [3.8, 4) is 0 Å². The minimum atomic E-state index is -0.776. The average molecular weight is 291 g/mol. The summed E-state index contributed by atoms with van der Waals surface area (Å²) in [6, 6.07) is 4.22. The van der Waals surface area contributed by atoms with Gasteiger partial charge in [-0.15, -0.1) is 11.3 Å². The molecule has 1 N–H and O–H groups in total. The molecule has 0 aromatic carbocycles. The number of rotatable bonds is 3. The summed E-state index contributed by atoms with van der Waals surface area (Å²) >= 11 is 1.76. The first-order valence-corrected chi connectivity index (χ1v) is 7.37. The van der Waals surface area contributed by atoms with Gasteiger partial charge in [0.25, 0.3) is 0 Å². The zero-order chi connectivity index (χ0) is 14.3. The Bertz CT molecular complexity index is 647. The van der Waals surface area contributed by atoms with Gasteiger partial charge < -0.3 is 9.67 Å². The molecule has 6 heteroatoms. The van der Waals surface area contributed by atoms with Gasteiger partial charge in [0.2, 0.25) is 0 Å². The number of hydrogen-bond acceptors (Lipinski definition) is 4. The second-order valence-electron chi connectivity index (χ2n) is 5.26. The minimum Gasteiger partial charge on any atom is -0.481 e. The highest BCUT2D eigenvalue weighted by Gasteiger charge is 2.33. The number of aryl methyl sites for hydroxylation is 2. The molecule has 2 aromatic heterocycles. The zero-order valence-electron chi connectivity index (χ0n) is 11.5. The fourth-order valence-electron chi connectivity index (χ4n) is 2.78. The predicted molar refractivity (Wildman–Crippen MR) is 76.8 cm³/mol. The Morgan fingerprint density at radius 1 is 1.55 bits per heavy atom. The number of hydrogen-bond donors (Lipinski definition) is 1. The number of thiophene rings is 1. The van der Waals surface area contributed by atoms with Gasteiger partial charge in [0.1, 0.15) is 5.92 Å². The van der Waals surface area contributed by atoms with Crippen molar-refractivity contribution in [2.45, 2.75) is 25.9 Å². The third-order valence-electron chi connectivity index (χ3n) is 3.68. The van der Waals surface area contributed by atoms with Gasteiger partial charge in [-0.05, 0) is 19.1 Å². The van der Waals surface area contributed by atoms with E-state index in [4.69, 9.17) is 0 Å². The minimum absolute atomic E-state index is 0.493. The average Bonchev–Trinajstić information content (AvgIpc) is 2.96. The predicted octanol–water partition coefficient (Wildman–Crippen LogP) is 1.97. The maximum absolute atomic E-state index is 11.5. The molecule has 0 spiro atoms. The molecule has 106 valence electrons. The van der Waals surface area contributed by atoms with E-state index in [9.17, 15) is 9.90 Å². The molecule has 0 saturated carbocycles. The number of carbonyl (C=O) groups is 1. The Morgan fingerprint density at radius 3 is 3.00 bits per heavy atom. The van der Waals surface area contributed by atoms with Crippen LogP contribution in [0.4, 0.5) is 0 Å². The van der Waals surface area contributed by atoms with Crippen LogP contribution in [0.1, 0.15) is 27.1 Å². The van der Waals surface area contributed by atoms with Crippen molar-refractivity contribution < 1.29 is 9.90 Å². The van der Waals surface area contributed by atoms with E-state index in [2.05, 4.69) is 28.9 Å². The van der Waals surface area contributed by atoms with Crippen LogP contribution in [0.5, 0.6) is 0 Å². The van der Waals surface area contributed by atoms with Gasteiger partial charge in [-0.1, -0.05) is 0 Å². The molecule has 0 saturated heterocycles. The second-order valence-corrected chi connectivity index (χ2v) is 6.63.